The van der Waals surface area contributed by atoms with Crippen LogP contribution >= 0.6 is 11.8 Å². The van der Waals surface area contributed by atoms with Crippen molar-refractivity contribution in [2.45, 2.75) is 62.9 Å². The molecule has 1 N–H and O–H groups in total. The zero-order valence-electron chi connectivity index (χ0n) is 22.0. The fourth-order valence-corrected chi connectivity index (χ4v) is 5.80. The molecule has 1 aliphatic carbocycles. The van der Waals surface area contributed by atoms with Crippen LogP contribution in [0.25, 0.3) is 0 Å². The largest absolute Gasteiger partial charge is 0.352 e. The van der Waals surface area contributed by atoms with E-state index in [1.165, 1.54) is 30.3 Å². The predicted octanol–water partition coefficient (Wildman–Crippen LogP) is 5.92. The normalized spacial score (nSPS) is 14.4. The van der Waals surface area contributed by atoms with Gasteiger partial charge in [-0.05, 0) is 29.5 Å². The summed E-state index contributed by atoms with van der Waals surface area (Å²) in [6, 6.07) is 25.5. The van der Waals surface area contributed by atoms with Gasteiger partial charge in [0.05, 0.1) is 10.7 Å². The van der Waals surface area contributed by atoms with Gasteiger partial charge in [0.15, 0.2) is 0 Å². The Morgan fingerprint density at radius 1 is 0.872 bits per heavy atom. The van der Waals surface area contributed by atoms with E-state index >= 15 is 0 Å². The molecule has 39 heavy (non-hydrogen) atoms. The Bertz CT molecular complexity index is 1220. The lowest BCUT2D eigenvalue weighted by atomic mass is 9.94. The average Bonchev–Trinajstić information content (AvgIpc) is 2.96. The molecule has 0 spiro atoms. The molecule has 0 bridgehead atoms. The van der Waals surface area contributed by atoms with Gasteiger partial charge in [0.25, 0.3) is 5.69 Å². The molecule has 2 amide bonds. The van der Waals surface area contributed by atoms with Crippen LogP contribution in [0.3, 0.4) is 0 Å². The van der Waals surface area contributed by atoms with Crippen molar-refractivity contribution in [3.63, 3.8) is 0 Å². The highest BCUT2D eigenvalue weighted by atomic mass is 32.2. The summed E-state index contributed by atoms with van der Waals surface area (Å²) in [4.78, 5) is 39.7. The molecular weight excluding hydrogens is 510 g/mol. The first-order valence-corrected chi connectivity index (χ1v) is 14.6. The monoisotopic (exact) mass is 545 g/mol. The molecule has 1 atom stereocenters. The number of carbonyl (C=O) groups is 2. The van der Waals surface area contributed by atoms with Gasteiger partial charge >= 0.3 is 0 Å². The maximum Gasteiger partial charge on any atom is 0.269 e. The second-order valence-electron chi connectivity index (χ2n) is 9.97. The number of carbonyl (C=O) groups excluding carboxylic acids is 2. The molecule has 0 unspecified atom stereocenters. The first kappa shape index (κ1) is 28.4. The number of nitrogens with zero attached hydrogens (tertiary/aromatic N) is 2. The molecule has 0 saturated heterocycles. The number of hydrogen-bond donors (Lipinski definition) is 1. The highest BCUT2D eigenvalue weighted by molar-refractivity contribution is 7.99. The maximum atomic E-state index is 13.8. The van der Waals surface area contributed by atoms with Crippen molar-refractivity contribution in [1.29, 1.82) is 0 Å². The summed E-state index contributed by atoms with van der Waals surface area (Å²) in [6.07, 6.45) is 5.80. The minimum atomic E-state index is -0.637. The van der Waals surface area contributed by atoms with Crippen molar-refractivity contribution in [3.05, 3.63) is 112 Å². The SMILES string of the molecule is O=C(NC1CCCCC1)[C@H](Cc1ccccc1)N(Cc1ccccc1)C(=O)CSCc1ccc([N+](=O)[O-])cc1. The third-order valence-corrected chi connectivity index (χ3v) is 8.05. The zero-order chi connectivity index (χ0) is 27.5. The standard InChI is InChI=1S/C31H35N3O4S/c35-30(23-39-22-26-16-18-28(19-17-26)34(37)38)33(21-25-12-6-2-7-13-25)29(20-24-10-4-1-5-11-24)31(36)32-27-14-8-3-9-15-27/h1-2,4-7,10-13,16-19,27,29H,3,8-9,14-15,20-23H2,(H,32,36)/t29-/m0/s1. The van der Waals surface area contributed by atoms with Crippen LogP contribution in [0.15, 0.2) is 84.9 Å². The third kappa shape index (κ3) is 8.68. The molecule has 7 nitrogen and oxygen atoms in total. The highest BCUT2D eigenvalue weighted by Gasteiger charge is 2.31. The predicted molar refractivity (Wildman–Crippen MR) is 155 cm³/mol. The summed E-state index contributed by atoms with van der Waals surface area (Å²) >= 11 is 1.45. The molecule has 4 rings (SSSR count). The molecular formula is C31H35N3O4S. The lowest BCUT2D eigenvalue weighted by Gasteiger charge is -2.33. The quantitative estimate of drug-likeness (QED) is 0.225. The molecule has 1 fully saturated rings. The second-order valence-corrected chi connectivity index (χ2v) is 11.0. The van der Waals surface area contributed by atoms with E-state index in [-0.39, 0.29) is 29.3 Å². The van der Waals surface area contributed by atoms with Crippen molar-refractivity contribution in [1.82, 2.24) is 10.2 Å². The molecule has 8 heteroatoms. The summed E-state index contributed by atoms with van der Waals surface area (Å²) in [6.45, 7) is 0.341. The molecule has 0 heterocycles. The van der Waals surface area contributed by atoms with Crippen LogP contribution < -0.4 is 5.32 Å². The Kier molecular flexibility index (Phi) is 10.5. The Morgan fingerprint density at radius 2 is 1.49 bits per heavy atom. The Morgan fingerprint density at radius 3 is 2.10 bits per heavy atom. The first-order valence-electron chi connectivity index (χ1n) is 13.5. The molecule has 1 saturated carbocycles. The van der Waals surface area contributed by atoms with Crippen molar-refractivity contribution < 1.29 is 14.5 Å². The Labute approximate surface area is 234 Å². The summed E-state index contributed by atoms with van der Waals surface area (Å²) in [5.74, 6) is 0.535. The van der Waals surface area contributed by atoms with Crippen molar-refractivity contribution in [2.24, 2.45) is 0 Å². The number of hydrogen-bond acceptors (Lipinski definition) is 5. The first-order chi connectivity index (χ1) is 19.0. The van der Waals surface area contributed by atoms with Crippen LogP contribution in [0.1, 0.15) is 48.8 Å². The van der Waals surface area contributed by atoms with Gasteiger partial charge in [-0.15, -0.1) is 11.8 Å². The fourth-order valence-electron chi connectivity index (χ4n) is 4.93. The van der Waals surface area contributed by atoms with E-state index in [0.717, 1.165) is 42.4 Å². The van der Waals surface area contributed by atoms with Gasteiger partial charge in [0, 0.05) is 36.9 Å². The number of nitro benzene ring substituents is 1. The van der Waals surface area contributed by atoms with Crippen LogP contribution in [0.2, 0.25) is 0 Å². The highest BCUT2D eigenvalue weighted by Crippen LogP contribution is 2.22. The topological polar surface area (TPSA) is 92.6 Å². The maximum absolute atomic E-state index is 13.8. The van der Waals surface area contributed by atoms with E-state index < -0.39 is 11.0 Å². The summed E-state index contributed by atoms with van der Waals surface area (Å²) in [5, 5.41) is 14.2. The number of thioether (sulfide) groups is 1. The number of nitro groups is 1. The van der Waals surface area contributed by atoms with Gasteiger partial charge < -0.3 is 10.2 Å². The number of non-ortho nitro benzene ring substituents is 1. The summed E-state index contributed by atoms with van der Waals surface area (Å²) in [7, 11) is 0. The molecule has 3 aromatic carbocycles. The molecule has 0 aromatic heterocycles. The van der Waals surface area contributed by atoms with E-state index in [2.05, 4.69) is 5.32 Å². The zero-order valence-corrected chi connectivity index (χ0v) is 22.9. The number of amides is 2. The van der Waals surface area contributed by atoms with Crippen molar-refractivity contribution in [3.8, 4) is 0 Å². The van der Waals surface area contributed by atoms with Gasteiger partial charge in [-0.3, -0.25) is 19.7 Å². The van der Waals surface area contributed by atoms with Crippen molar-refractivity contribution >= 4 is 29.3 Å². The summed E-state index contributed by atoms with van der Waals surface area (Å²) < 4.78 is 0. The molecule has 3 aromatic rings. The second kappa shape index (κ2) is 14.5. The lowest BCUT2D eigenvalue weighted by Crippen LogP contribution is -2.53. The van der Waals surface area contributed by atoms with E-state index in [1.54, 1.807) is 17.0 Å². The Hall–Kier alpha value is -3.65. The fraction of sp³-hybridized carbons (Fsp3) is 0.355. The molecule has 204 valence electrons. The van der Waals surface area contributed by atoms with Crippen molar-refractivity contribution in [2.75, 3.05) is 5.75 Å². The van der Waals surface area contributed by atoms with Crippen LogP contribution in [0, 0.1) is 10.1 Å². The minimum Gasteiger partial charge on any atom is -0.352 e. The average molecular weight is 546 g/mol. The Balaban J connectivity index is 1.52. The van der Waals surface area contributed by atoms with Gasteiger partial charge in [0.2, 0.25) is 11.8 Å². The van der Waals surface area contributed by atoms with E-state index in [4.69, 9.17) is 0 Å². The summed E-state index contributed by atoms with van der Waals surface area (Å²) in [5.41, 5.74) is 2.92. The number of nitrogens with one attached hydrogen (secondary N) is 1. The van der Waals surface area contributed by atoms with E-state index in [9.17, 15) is 19.7 Å². The molecule has 0 aliphatic heterocycles. The minimum absolute atomic E-state index is 0.0431. The smallest absolute Gasteiger partial charge is 0.269 e. The van der Waals surface area contributed by atoms with Gasteiger partial charge in [0.1, 0.15) is 6.04 Å². The van der Waals surface area contributed by atoms with Gasteiger partial charge in [-0.1, -0.05) is 92.1 Å². The van der Waals surface area contributed by atoms with Gasteiger partial charge in [-0.25, -0.2) is 0 Å². The van der Waals surface area contributed by atoms with E-state index in [1.807, 2.05) is 60.7 Å². The number of rotatable bonds is 12. The number of benzene rings is 3. The van der Waals surface area contributed by atoms with Crippen LogP contribution in [-0.2, 0) is 28.3 Å². The van der Waals surface area contributed by atoms with Gasteiger partial charge in [-0.2, -0.15) is 0 Å². The molecule has 1 aliphatic rings. The molecule has 0 radical (unpaired) electrons. The third-order valence-electron chi connectivity index (χ3n) is 7.06. The van der Waals surface area contributed by atoms with Crippen LogP contribution in [0.4, 0.5) is 5.69 Å². The van der Waals surface area contributed by atoms with E-state index in [0.29, 0.717) is 18.7 Å². The lowest BCUT2D eigenvalue weighted by molar-refractivity contribution is -0.384. The van der Waals surface area contributed by atoms with Crippen LogP contribution in [0.5, 0.6) is 0 Å². The van der Waals surface area contributed by atoms with Crippen LogP contribution in [-0.4, -0.2) is 39.5 Å².